The lowest BCUT2D eigenvalue weighted by Gasteiger charge is -2.41. The maximum atomic E-state index is 3.47. The molecule has 1 aromatic carbocycles. The first-order valence-electron chi connectivity index (χ1n) is 7.26. The number of hydrogen-bond acceptors (Lipinski definition) is 2. The van der Waals surface area contributed by atoms with E-state index in [0.29, 0.717) is 6.04 Å². The number of nitrogens with zero attached hydrogens (tertiary/aromatic N) is 1. The Kier molecular flexibility index (Phi) is 4.65. The summed E-state index contributed by atoms with van der Waals surface area (Å²) in [5.41, 5.74) is 2.78. The van der Waals surface area contributed by atoms with Crippen LogP contribution >= 0.6 is 0 Å². The summed E-state index contributed by atoms with van der Waals surface area (Å²) < 4.78 is 0. The van der Waals surface area contributed by atoms with Gasteiger partial charge in [0.1, 0.15) is 0 Å². The molecule has 1 fully saturated rings. The zero-order chi connectivity index (χ0) is 13.0. The van der Waals surface area contributed by atoms with Gasteiger partial charge in [-0.25, -0.2) is 0 Å². The average Bonchev–Trinajstić information content (AvgIpc) is 2.31. The van der Waals surface area contributed by atoms with E-state index in [9.17, 15) is 0 Å². The molecule has 1 saturated heterocycles. The van der Waals surface area contributed by atoms with E-state index >= 15 is 0 Å². The zero-order valence-corrected chi connectivity index (χ0v) is 11.9. The molecule has 0 bridgehead atoms. The van der Waals surface area contributed by atoms with Crippen LogP contribution in [-0.4, -0.2) is 19.1 Å². The summed E-state index contributed by atoms with van der Waals surface area (Å²) in [6, 6.07) is 9.51. The van der Waals surface area contributed by atoms with Gasteiger partial charge in [0.2, 0.25) is 0 Å². The Hall–Kier alpha value is -1.02. The zero-order valence-electron chi connectivity index (χ0n) is 11.9. The van der Waals surface area contributed by atoms with E-state index in [1.54, 1.807) is 0 Å². The van der Waals surface area contributed by atoms with Gasteiger partial charge in [-0.15, -0.1) is 0 Å². The van der Waals surface area contributed by atoms with E-state index in [4.69, 9.17) is 0 Å². The minimum absolute atomic E-state index is 0.548. The van der Waals surface area contributed by atoms with Gasteiger partial charge in [0.15, 0.2) is 0 Å². The van der Waals surface area contributed by atoms with Gasteiger partial charge in [0, 0.05) is 31.4 Å². The molecular weight excluding hydrogens is 220 g/mol. The van der Waals surface area contributed by atoms with Crippen molar-refractivity contribution in [2.45, 2.75) is 46.2 Å². The molecule has 2 heteroatoms. The Morgan fingerprint density at radius 2 is 2.11 bits per heavy atom. The summed E-state index contributed by atoms with van der Waals surface area (Å²) in [4.78, 5) is 2.50. The highest BCUT2D eigenvalue weighted by molar-refractivity contribution is 5.50. The molecule has 2 nitrogen and oxygen atoms in total. The van der Waals surface area contributed by atoms with Crippen LogP contribution in [0, 0.1) is 5.92 Å². The molecule has 0 saturated carbocycles. The molecule has 0 atom stereocenters. The third-order valence-corrected chi connectivity index (χ3v) is 3.64. The molecular formula is C16H26N2. The van der Waals surface area contributed by atoms with Crippen LogP contribution in [-0.2, 0) is 6.54 Å². The number of benzene rings is 1. The van der Waals surface area contributed by atoms with E-state index in [-0.39, 0.29) is 0 Å². The summed E-state index contributed by atoms with van der Waals surface area (Å²) in [5.74, 6) is 0.924. The Morgan fingerprint density at radius 1 is 1.33 bits per heavy atom. The predicted molar refractivity (Wildman–Crippen MR) is 79.0 cm³/mol. The van der Waals surface area contributed by atoms with Crippen LogP contribution in [0.5, 0.6) is 0 Å². The molecule has 1 aromatic rings. The van der Waals surface area contributed by atoms with Crippen LogP contribution in [0.2, 0.25) is 0 Å². The normalized spacial score (nSPS) is 16.1. The molecule has 1 N–H and O–H groups in total. The van der Waals surface area contributed by atoms with Gasteiger partial charge in [-0.2, -0.15) is 0 Å². The lowest BCUT2D eigenvalue weighted by atomic mass is 9.94. The number of hydrogen-bond donors (Lipinski definition) is 1. The molecule has 0 radical (unpaired) electrons. The molecule has 2 rings (SSSR count). The average molecular weight is 246 g/mol. The van der Waals surface area contributed by atoms with Gasteiger partial charge in [-0.05, 0) is 30.0 Å². The fraction of sp³-hybridized carbons (Fsp3) is 0.625. The second-order valence-corrected chi connectivity index (χ2v) is 5.77. The van der Waals surface area contributed by atoms with Crippen molar-refractivity contribution < 1.29 is 0 Å². The quantitative estimate of drug-likeness (QED) is 0.827. The number of nitrogens with one attached hydrogen (secondary N) is 1. The third kappa shape index (κ3) is 3.49. The van der Waals surface area contributed by atoms with Crippen molar-refractivity contribution in [1.82, 2.24) is 5.32 Å². The molecule has 1 heterocycles. The van der Waals surface area contributed by atoms with Gasteiger partial charge < -0.3 is 10.2 Å². The summed E-state index contributed by atoms with van der Waals surface area (Å²) in [5, 5.41) is 3.47. The fourth-order valence-electron chi connectivity index (χ4n) is 2.56. The molecule has 0 aromatic heterocycles. The minimum Gasteiger partial charge on any atom is -0.371 e. The lowest BCUT2D eigenvalue weighted by molar-refractivity contribution is 0.380. The first-order chi connectivity index (χ1) is 8.69. The molecule has 18 heavy (non-hydrogen) atoms. The van der Waals surface area contributed by atoms with E-state index < -0.39 is 0 Å². The Labute approximate surface area is 111 Å². The summed E-state index contributed by atoms with van der Waals surface area (Å²) >= 11 is 0. The Bertz CT molecular complexity index is 367. The van der Waals surface area contributed by atoms with E-state index in [1.807, 2.05) is 0 Å². The monoisotopic (exact) mass is 246 g/mol. The summed E-state index contributed by atoms with van der Waals surface area (Å²) in [6.45, 7) is 10.1. The van der Waals surface area contributed by atoms with Gasteiger partial charge in [-0.1, -0.05) is 39.3 Å². The Balaban J connectivity index is 1.88. The first kappa shape index (κ1) is 13.4. The maximum Gasteiger partial charge on any atom is 0.0369 e. The van der Waals surface area contributed by atoms with Crippen LogP contribution in [0.1, 0.15) is 39.2 Å². The predicted octanol–water partition coefficient (Wildman–Crippen LogP) is 3.42. The molecule has 0 spiro atoms. The highest BCUT2D eigenvalue weighted by atomic mass is 15.2. The highest BCUT2D eigenvalue weighted by Crippen LogP contribution is 2.27. The smallest absolute Gasteiger partial charge is 0.0369 e. The lowest BCUT2D eigenvalue weighted by Crippen LogP contribution is -2.46. The van der Waals surface area contributed by atoms with Crippen LogP contribution in [0.25, 0.3) is 0 Å². The molecule has 0 unspecified atom stereocenters. The molecule has 0 aliphatic carbocycles. The molecule has 1 aliphatic rings. The van der Waals surface area contributed by atoms with Crippen molar-refractivity contribution in [3.05, 3.63) is 29.8 Å². The van der Waals surface area contributed by atoms with Crippen LogP contribution < -0.4 is 10.2 Å². The number of anilines is 1. The highest BCUT2D eigenvalue weighted by Gasteiger charge is 2.25. The largest absolute Gasteiger partial charge is 0.371 e. The number of rotatable bonds is 6. The van der Waals surface area contributed by atoms with Gasteiger partial charge in [-0.3, -0.25) is 0 Å². The van der Waals surface area contributed by atoms with Gasteiger partial charge in [0.25, 0.3) is 0 Å². The van der Waals surface area contributed by atoms with E-state index in [1.165, 1.54) is 37.2 Å². The standard InChI is InChI=1S/C16H26N2/c1-4-6-15-11-18(12-15)16-8-5-7-14(9-16)10-17-13(2)3/h5,7-9,13,15,17H,4,6,10-12H2,1-3H3. The van der Waals surface area contributed by atoms with Crippen molar-refractivity contribution in [3.63, 3.8) is 0 Å². The summed E-state index contributed by atoms with van der Waals surface area (Å²) in [6.07, 6.45) is 2.70. The minimum atomic E-state index is 0.548. The Morgan fingerprint density at radius 3 is 2.78 bits per heavy atom. The second-order valence-electron chi connectivity index (χ2n) is 5.77. The van der Waals surface area contributed by atoms with Gasteiger partial charge >= 0.3 is 0 Å². The summed E-state index contributed by atoms with van der Waals surface area (Å²) in [7, 11) is 0. The maximum absolute atomic E-state index is 3.47. The van der Waals surface area contributed by atoms with Crippen LogP contribution in [0.4, 0.5) is 5.69 Å². The van der Waals surface area contributed by atoms with Gasteiger partial charge in [0.05, 0.1) is 0 Å². The van der Waals surface area contributed by atoms with E-state index in [0.717, 1.165) is 12.5 Å². The molecule has 100 valence electrons. The first-order valence-corrected chi connectivity index (χ1v) is 7.26. The van der Waals surface area contributed by atoms with Crippen LogP contribution in [0.3, 0.4) is 0 Å². The van der Waals surface area contributed by atoms with Crippen molar-refractivity contribution in [3.8, 4) is 0 Å². The second kappa shape index (κ2) is 6.24. The topological polar surface area (TPSA) is 15.3 Å². The molecule has 1 aliphatic heterocycles. The SMILES string of the molecule is CCCC1CN(c2cccc(CNC(C)C)c2)C1. The fourth-order valence-corrected chi connectivity index (χ4v) is 2.56. The van der Waals surface area contributed by atoms with Crippen LogP contribution in [0.15, 0.2) is 24.3 Å². The van der Waals surface area contributed by atoms with Crippen molar-refractivity contribution in [2.24, 2.45) is 5.92 Å². The third-order valence-electron chi connectivity index (χ3n) is 3.64. The molecule has 0 amide bonds. The van der Waals surface area contributed by atoms with Crippen molar-refractivity contribution in [1.29, 1.82) is 0 Å². The van der Waals surface area contributed by atoms with E-state index in [2.05, 4.69) is 55.3 Å². The van der Waals surface area contributed by atoms with Crippen molar-refractivity contribution in [2.75, 3.05) is 18.0 Å². The van der Waals surface area contributed by atoms with Crippen molar-refractivity contribution >= 4 is 5.69 Å².